The molecule has 0 saturated carbocycles. The fraction of sp³-hybridized carbons (Fsp3) is 0.538. The summed E-state index contributed by atoms with van der Waals surface area (Å²) in [5.74, 6) is 0.810. The van der Waals surface area contributed by atoms with Gasteiger partial charge in [0, 0.05) is 18.7 Å². The molecular formula is C13H17NO3. The van der Waals surface area contributed by atoms with Crippen LogP contribution >= 0.6 is 0 Å². The highest BCUT2D eigenvalue weighted by Gasteiger charge is 2.34. The average molecular weight is 235 g/mol. The maximum absolute atomic E-state index is 10.4. The van der Waals surface area contributed by atoms with Gasteiger partial charge in [-0.1, -0.05) is 18.2 Å². The Morgan fingerprint density at radius 3 is 2.76 bits per heavy atom. The molecule has 0 aliphatic carbocycles. The molecule has 1 N–H and O–H groups in total. The van der Waals surface area contributed by atoms with Gasteiger partial charge in [-0.25, -0.2) is 0 Å². The quantitative estimate of drug-likeness (QED) is 0.782. The smallest absolute Gasteiger partial charge is 0.125 e. The fourth-order valence-electron chi connectivity index (χ4n) is 2.54. The number of benzene rings is 1. The van der Waals surface area contributed by atoms with E-state index in [1.54, 1.807) is 0 Å². The van der Waals surface area contributed by atoms with Crippen molar-refractivity contribution in [3.63, 3.8) is 0 Å². The lowest BCUT2D eigenvalue weighted by atomic mass is 9.98. The predicted octanol–water partition coefficient (Wildman–Crippen LogP) is 0.813. The van der Waals surface area contributed by atoms with Crippen LogP contribution in [0.25, 0.3) is 0 Å². The van der Waals surface area contributed by atoms with Crippen LogP contribution in [0.2, 0.25) is 0 Å². The van der Waals surface area contributed by atoms with Crippen molar-refractivity contribution in [1.82, 2.24) is 4.90 Å². The van der Waals surface area contributed by atoms with Gasteiger partial charge < -0.3 is 14.6 Å². The van der Waals surface area contributed by atoms with Crippen LogP contribution in [0.15, 0.2) is 24.3 Å². The fourth-order valence-corrected chi connectivity index (χ4v) is 2.54. The van der Waals surface area contributed by atoms with E-state index in [4.69, 9.17) is 9.47 Å². The van der Waals surface area contributed by atoms with Crippen molar-refractivity contribution in [1.29, 1.82) is 0 Å². The van der Waals surface area contributed by atoms with Gasteiger partial charge in [-0.2, -0.15) is 0 Å². The Morgan fingerprint density at radius 1 is 1.18 bits per heavy atom. The number of nitrogens with zero attached hydrogens (tertiary/aromatic N) is 1. The zero-order valence-corrected chi connectivity index (χ0v) is 9.71. The van der Waals surface area contributed by atoms with Gasteiger partial charge in [0.25, 0.3) is 0 Å². The third-order valence-corrected chi connectivity index (χ3v) is 3.53. The number of ether oxygens (including phenoxy) is 2. The Hall–Kier alpha value is -1.10. The first-order valence-electron chi connectivity index (χ1n) is 6.08. The van der Waals surface area contributed by atoms with Crippen molar-refractivity contribution in [2.24, 2.45) is 0 Å². The lowest BCUT2D eigenvalue weighted by Crippen LogP contribution is -2.50. The lowest BCUT2D eigenvalue weighted by molar-refractivity contribution is -0.0454. The summed E-state index contributed by atoms with van der Waals surface area (Å²) in [7, 11) is 0. The molecule has 0 amide bonds. The van der Waals surface area contributed by atoms with Crippen molar-refractivity contribution in [3.8, 4) is 5.75 Å². The predicted molar refractivity (Wildman–Crippen MR) is 63.1 cm³/mol. The van der Waals surface area contributed by atoms with Crippen LogP contribution in [0.4, 0.5) is 0 Å². The number of hydrogen-bond acceptors (Lipinski definition) is 4. The van der Waals surface area contributed by atoms with Crippen molar-refractivity contribution in [2.45, 2.75) is 12.1 Å². The molecule has 0 bridgehead atoms. The number of rotatable bonds is 1. The summed E-state index contributed by atoms with van der Waals surface area (Å²) in [6, 6.07) is 7.77. The van der Waals surface area contributed by atoms with Crippen molar-refractivity contribution >= 4 is 0 Å². The molecule has 4 nitrogen and oxygen atoms in total. The van der Waals surface area contributed by atoms with E-state index in [9.17, 15) is 5.11 Å². The van der Waals surface area contributed by atoms with E-state index in [1.165, 1.54) is 0 Å². The maximum Gasteiger partial charge on any atom is 0.125 e. The second kappa shape index (κ2) is 4.64. The summed E-state index contributed by atoms with van der Waals surface area (Å²) < 4.78 is 11.0. The average Bonchev–Trinajstić information content (AvgIpc) is 2.40. The molecule has 17 heavy (non-hydrogen) atoms. The molecule has 0 aromatic heterocycles. The Morgan fingerprint density at radius 2 is 1.94 bits per heavy atom. The molecule has 1 fully saturated rings. The molecule has 2 unspecified atom stereocenters. The van der Waals surface area contributed by atoms with Crippen LogP contribution in [-0.4, -0.2) is 49.0 Å². The first-order valence-corrected chi connectivity index (χ1v) is 6.08. The molecule has 92 valence electrons. The highest BCUT2D eigenvalue weighted by molar-refractivity contribution is 5.37. The normalized spacial score (nSPS) is 29.5. The van der Waals surface area contributed by atoms with E-state index in [0.29, 0.717) is 6.61 Å². The van der Waals surface area contributed by atoms with Crippen molar-refractivity contribution in [3.05, 3.63) is 29.8 Å². The Labute approximate surface area is 101 Å². The minimum Gasteiger partial charge on any atom is -0.491 e. The van der Waals surface area contributed by atoms with Gasteiger partial charge in [0.2, 0.25) is 0 Å². The SMILES string of the molecule is OC1c2ccccc2OCC1N1CCOCC1. The van der Waals surface area contributed by atoms with E-state index in [0.717, 1.165) is 37.6 Å². The first-order chi connectivity index (χ1) is 8.36. The van der Waals surface area contributed by atoms with Gasteiger partial charge in [0.05, 0.1) is 19.3 Å². The van der Waals surface area contributed by atoms with Gasteiger partial charge in [-0.05, 0) is 6.07 Å². The van der Waals surface area contributed by atoms with E-state index in [2.05, 4.69) is 4.90 Å². The van der Waals surface area contributed by atoms with Crippen LogP contribution in [0.3, 0.4) is 0 Å². The zero-order chi connectivity index (χ0) is 11.7. The molecule has 2 atom stereocenters. The molecule has 1 aromatic rings. The monoisotopic (exact) mass is 235 g/mol. The molecular weight excluding hydrogens is 218 g/mol. The number of hydrogen-bond donors (Lipinski definition) is 1. The molecule has 2 heterocycles. The van der Waals surface area contributed by atoms with Crippen molar-refractivity contribution < 1.29 is 14.6 Å². The van der Waals surface area contributed by atoms with Gasteiger partial charge in [0.15, 0.2) is 0 Å². The minimum atomic E-state index is -0.460. The van der Waals surface area contributed by atoms with E-state index >= 15 is 0 Å². The Balaban J connectivity index is 1.81. The second-order valence-electron chi connectivity index (χ2n) is 4.51. The maximum atomic E-state index is 10.4. The molecule has 2 aliphatic heterocycles. The highest BCUT2D eigenvalue weighted by Crippen LogP contribution is 2.34. The topological polar surface area (TPSA) is 41.9 Å². The summed E-state index contributed by atoms with van der Waals surface area (Å²) in [5, 5.41) is 10.4. The molecule has 0 radical (unpaired) electrons. The summed E-state index contributed by atoms with van der Waals surface area (Å²) in [4.78, 5) is 2.25. The van der Waals surface area contributed by atoms with E-state index < -0.39 is 6.10 Å². The highest BCUT2D eigenvalue weighted by atomic mass is 16.5. The van der Waals surface area contributed by atoms with Crippen LogP contribution in [0, 0.1) is 0 Å². The summed E-state index contributed by atoms with van der Waals surface area (Å²) in [6.07, 6.45) is -0.460. The van der Waals surface area contributed by atoms with Crippen LogP contribution in [0.5, 0.6) is 5.75 Å². The standard InChI is InChI=1S/C13H17NO3/c15-13-10-3-1-2-4-12(10)17-9-11(13)14-5-7-16-8-6-14/h1-4,11,13,15H,5-9H2. The molecule has 1 aromatic carbocycles. The minimum absolute atomic E-state index is 0.0498. The number of fused-ring (bicyclic) bond motifs is 1. The van der Waals surface area contributed by atoms with Gasteiger partial charge >= 0.3 is 0 Å². The third-order valence-electron chi connectivity index (χ3n) is 3.53. The zero-order valence-electron chi connectivity index (χ0n) is 9.71. The Bertz CT molecular complexity index is 390. The van der Waals surface area contributed by atoms with Gasteiger partial charge in [-0.15, -0.1) is 0 Å². The summed E-state index contributed by atoms with van der Waals surface area (Å²) in [6.45, 7) is 3.77. The number of para-hydroxylation sites is 1. The van der Waals surface area contributed by atoms with Gasteiger partial charge in [-0.3, -0.25) is 4.90 Å². The molecule has 0 spiro atoms. The van der Waals surface area contributed by atoms with Crippen LogP contribution in [0.1, 0.15) is 11.7 Å². The first kappa shape index (κ1) is 11.0. The molecule has 2 aliphatic rings. The van der Waals surface area contributed by atoms with E-state index in [1.807, 2.05) is 24.3 Å². The number of aliphatic hydroxyl groups excluding tert-OH is 1. The van der Waals surface area contributed by atoms with E-state index in [-0.39, 0.29) is 6.04 Å². The molecule has 4 heteroatoms. The number of aliphatic hydroxyl groups is 1. The summed E-state index contributed by atoms with van der Waals surface area (Å²) >= 11 is 0. The lowest BCUT2D eigenvalue weighted by Gasteiger charge is -2.39. The molecule has 3 rings (SSSR count). The molecule has 1 saturated heterocycles. The second-order valence-corrected chi connectivity index (χ2v) is 4.51. The largest absolute Gasteiger partial charge is 0.491 e. The van der Waals surface area contributed by atoms with Crippen LogP contribution in [-0.2, 0) is 4.74 Å². The van der Waals surface area contributed by atoms with Gasteiger partial charge in [0.1, 0.15) is 18.5 Å². The van der Waals surface area contributed by atoms with Crippen LogP contribution < -0.4 is 4.74 Å². The number of morpholine rings is 1. The van der Waals surface area contributed by atoms with Crippen molar-refractivity contribution in [2.75, 3.05) is 32.9 Å². The third kappa shape index (κ3) is 2.04. The Kier molecular flexibility index (Phi) is 3.01. The summed E-state index contributed by atoms with van der Waals surface area (Å²) in [5.41, 5.74) is 0.898.